The van der Waals surface area contributed by atoms with Crippen LogP contribution in [0.1, 0.15) is 104 Å². The summed E-state index contributed by atoms with van der Waals surface area (Å²) in [5.41, 5.74) is 1.10. The highest BCUT2D eigenvalue weighted by Gasteiger charge is 2.60. The molecule has 9 atom stereocenters. The third-order valence-electron chi connectivity index (χ3n) is 11.4. The zero-order chi connectivity index (χ0) is 21.8. The van der Waals surface area contributed by atoms with Crippen molar-refractivity contribution in [3.8, 4) is 0 Å². The maximum Gasteiger partial charge on any atom is 0.322 e. The van der Waals surface area contributed by atoms with E-state index in [0.717, 1.165) is 48.3 Å². The Kier molecular flexibility index (Phi) is 5.66. The Morgan fingerprint density at radius 3 is 2.45 bits per heavy atom. The number of rotatable bonds is 5. The van der Waals surface area contributed by atoms with Crippen molar-refractivity contribution in [1.82, 2.24) is 10.6 Å². The van der Waals surface area contributed by atoms with Gasteiger partial charge >= 0.3 is 6.03 Å². The average molecular weight is 429 g/mol. The van der Waals surface area contributed by atoms with E-state index in [1.54, 1.807) is 0 Å². The monoisotopic (exact) mass is 428 g/mol. The Hall–Kier alpha value is -1.06. The first-order chi connectivity index (χ1) is 14.9. The summed E-state index contributed by atoms with van der Waals surface area (Å²) in [5, 5.41) is 5.15. The summed E-state index contributed by atoms with van der Waals surface area (Å²) in [4.78, 5) is 23.3. The first kappa shape index (κ1) is 21.8. The second kappa shape index (κ2) is 8.06. The molecule has 1 saturated heterocycles. The molecule has 0 aromatic heterocycles. The maximum absolute atomic E-state index is 11.9. The second-order valence-electron chi connectivity index (χ2n) is 12.4. The van der Waals surface area contributed by atoms with Crippen molar-refractivity contribution < 1.29 is 9.59 Å². The minimum atomic E-state index is -0.321. The van der Waals surface area contributed by atoms with E-state index in [4.69, 9.17) is 0 Å². The number of carbonyl (C=O) groups is 2. The van der Waals surface area contributed by atoms with E-state index in [2.05, 4.69) is 31.4 Å². The van der Waals surface area contributed by atoms with Crippen molar-refractivity contribution in [2.75, 3.05) is 0 Å². The van der Waals surface area contributed by atoms with Gasteiger partial charge in [0.25, 0.3) is 5.91 Å². The molecule has 5 fully saturated rings. The molecule has 4 heteroatoms. The molecule has 0 aromatic carbocycles. The molecule has 31 heavy (non-hydrogen) atoms. The number of urea groups is 1. The van der Waals surface area contributed by atoms with Crippen LogP contribution in [0.5, 0.6) is 0 Å². The Labute approximate surface area is 189 Å². The number of hydrogen-bond acceptors (Lipinski definition) is 2. The number of fused-ring (bicyclic) bond motifs is 5. The van der Waals surface area contributed by atoms with E-state index >= 15 is 0 Å². The summed E-state index contributed by atoms with van der Waals surface area (Å²) < 4.78 is 0. The predicted octanol–water partition coefficient (Wildman–Crippen LogP) is 6.05. The van der Waals surface area contributed by atoms with Gasteiger partial charge in [0, 0.05) is 0 Å². The van der Waals surface area contributed by atoms with Crippen molar-refractivity contribution >= 4 is 11.9 Å². The highest BCUT2D eigenvalue weighted by molar-refractivity contribution is 6.04. The lowest BCUT2D eigenvalue weighted by atomic mass is 9.42. The fourth-order valence-corrected chi connectivity index (χ4v) is 9.83. The summed E-state index contributed by atoms with van der Waals surface area (Å²) in [6.45, 7) is 7.79. The minimum Gasteiger partial charge on any atom is -0.326 e. The topological polar surface area (TPSA) is 58.2 Å². The van der Waals surface area contributed by atoms with E-state index in [0.29, 0.717) is 10.8 Å². The molecule has 2 N–H and O–H groups in total. The molecule has 5 rings (SSSR count). The molecule has 4 nitrogen and oxygen atoms in total. The second-order valence-corrected chi connectivity index (χ2v) is 12.4. The summed E-state index contributed by atoms with van der Waals surface area (Å²) in [5.74, 6) is 5.45. The van der Waals surface area contributed by atoms with Gasteiger partial charge in [0.1, 0.15) is 6.04 Å². The van der Waals surface area contributed by atoms with Gasteiger partial charge in [0.05, 0.1) is 0 Å². The van der Waals surface area contributed by atoms with E-state index in [1.165, 1.54) is 70.6 Å². The summed E-state index contributed by atoms with van der Waals surface area (Å²) in [6.07, 6.45) is 17.5. The van der Waals surface area contributed by atoms with Crippen LogP contribution < -0.4 is 10.6 Å². The minimum absolute atomic E-state index is 0.135. The van der Waals surface area contributed by atoms with Crippen molar-refractivity contribution in [1.29, 1.82) is 0 Å². The summed E-state index contributed by atoms with van der Waals surface area (Å²) in [7, 11) is 0. The Bertz CT molecular complexity index is 722. The first-order valence-corrected chi connectivity index (χ1v) is 13.5. The van der Waals surface area contributed by atoms with Gasteiger partial charge in [-0.3, -0.25) is 10.1 Å². The van der Waals surface area contributed by atoms with Crippen LogP contribution in [0.25, 0.3) is 0 Å². The molecule has 3 amide bonds. The van der Waals surface area contributed by atoms with Crippen LogP contribution in [-0.2, 0) is 4.79 Å². The quantitative estimate of drug-likeness (QED) is 0.524. The van der Waals surface area contributed by atoms with Crippen LogP contribution >= 0.6 is 0 Å². The summed E-state index contributed by atoms with van der Waals surface area (Å²) in [6, 6.07) is -0.626. The van der Waals surface area contributed by atoms with Crippen molar-refractivity contribution in [2.24, 2.45) is 46.3 Å². The summed E-state index contributed by atoms with van der Waals surface area (Å²) >= 11 is 0. The van der Waals surface area contributed by atoms with Crippen molar-refractivity contribution in [2.45, 2.75) is 110 Å². The standard InChI is InChI=1S/C27H44N2O2/c1-4-17-16-19-21-12-11-18(8-7-10-23-24(30)29-25(31)28-23)26(21,2)15-13-22(19)27(3)14-6-5-9-20(17)27/h17-23H,4-16H2,1-3H3,(H2,28,29,30,31)/t17-,18?,19?,20?,21?,22-,23?,26?,27?/m0/s1. The van der Waals surface area contributed by atoms with E-state index < -0.39 is 0 Å². The van der Waals surface area contributed by atoms with Gasteiger partial charge in [-0.1, -0.05) is 46.5 Å². The molecule has 174 valence electrons. The molecule has 0 bridgehead atoms. The fourth-order valence-electron chi connectivity index (χ4n) is 9.83. The molecule has 1 aliphatic heterocycles. The Morgan fingerprint density at radius 1 is 0.903 bits per heavy atom. The molecular formula is C27H44N2O2. The van der Waals surface area contributed by atoms with Crippen molar-refractivity contribution in [3.05, 3.63) is 0 Å². The highest BCUT2D eigenvalue weighted by atomic mass is 16.2. The van der Waals surface area contributed by atoms with Crippen LogP contribution in [-0.4, -0.2) is 18.0 Å². The zero-order valence-electron chi connectivity index (χ0n) is 20.1. The van der Waals surface area contributed by atoms with Crippen LogP contribution in [0.2, 0.25) is 0 Å². The lowest BCUT2D eigenvalue weighted by Gasteiger charge is -2.62. The third kappa shape index (κ3) is 3.46. The molecule has 0 spiro atoms. The lowest BCUT2D eigenvalue weighted by molar-refractivity contribution is -0.135. The number of imide groups is 1. The van der Waals surface area contributed by atoms with Gasteiger partial charge in [-0.2, -0.15) is 0 Å². The largest absolute Gasteiger partial charge is 0.326 e. The highest BCUT2D eigenvalue weighted by Crippen LogP contribution is 2.69. The van der Waals surface area contributed by atoms with Crippen LogP contribution in [0, 0.1) is 46.3 Å². The fraction of sp³-hybridized carbons (Fsp3) is 0.926. The molecular weight excluding hydrogens is 384 g/mol. The zero-order valence-corrected chi connectivity index (χ0v) is 20.1. The number of hydrogen-bond donors (Lipinski definition) is 2. The van der Waals surface area contributed by atoms with Gasteiger partial charge < -0.3 is 5.32 Å². The van der Waals surface area contributed by atoms with E-state index in [9.17, 15) is 9.59 Å². The molecule has 4 aliphatic carbocycles. The Morgan fingerprint density at radius 2 is 1.71 bits per heavy atom. The van der Waals surface area contributed by atoms with Gasteiger partial charge in [-0.05, 0) is 104 Å². The van der Waals surface area contributed by atoms with E-state index in [-0.39, 0.29) is 18.0 Å². The number of nitrogens with one attached hydrogen (secondary N) is 2. The normalized spacial score (nSPS) is 49.1. The van der Waals surface area contributed by atoms with Crippen LogP contribution in [0.15, 0.2) is 0 Å². The third-order valence-corrected chi connectivity index (χ3v) is 11.4. The van der Waals surface area contributed by atoms with Gasteiger partial charge in [-0.25, -0.2) is 4.79 Å². The van der Waals surface area contributed by atoms with E-state index in [1.807, 2.05) is 0 Å². The average Bonchev–Trinajstić information content (AvgIpc) is 3.25. The maximum atomic E-state index is 11.9. The smallest absolute Gasteiger partial charge is 0.322 e. The molecule has 5 aliphatic rings. The number of amides is 3. The van der Waals surface area contributed by atoms with Gasteiger partial charge in [0.2, 0.25) is 0 Å². The molecule has 4 saturated carbocycles. The SMILES string of the molecule is CC[C@H]1CC2C3CCC(CCCC4NC(=O)NC4=O)C3(C)CC[C@@H]2C2(C)CCCCC12. The number of carbonyl (C=O) groups excluding carboxylic acids is 2. The molecule has 7 unspecified atom stereocenters. The van der Waals surface area contributed by atoms with Crippen LogP contribution in [0.4, 0.5) is 4.79 Å². The van der Waals surface area contributed by atoms with Gasteiger partial charge in [0.15, 0.2) is 0 Å². The first-order valence-electron chi connectivity index (χ1n) is 13.5. The Balaban J connectivity index is 1.27. The molecule has 1 heterocycles. The molecule has 0 radical (unpaired) electrons. The predicted molar refractivity (Wildman–Crippen MR) is 123 cm³/mol. The van der Waals surface area contributed by atoms with Gasteiger partial charge in [-0.15, -0.1) is 0 Å². The molecule has 0 aromatic rings. The van der Waals surface area contributed by atoms with Crippen molar-refractivity contribution in [3.63, 3.8) is 0 Å². The lowest BCUT2D eigenvalue weighted by Crippen LogP contribution is -2.55. The van der Waals surface area contributed by atoms with Crippen LogP contribution in [0.3, 0.4) is 0 Å².